The first-order valence-electron chi connectivity index (χ1n) is 10.8. The van der Waals surface area contributed by atoms with Crippen molar-refractivity contribution >= 4 is 21.8 Å². The molecule has 0 spiro atoms. The predicted molar refractivity (Wildman–Crippen MR) is 117 cm³/mol. The van der Waals surface area contributed by atoms with Crippen molar-refractivity contribution in [2.75, 3.05) is 32.7 Å². The summed E-state index contributed by atoms with van der Waals surface area (Å²) in [6, 6.07) is 12.0. The summed E-state index contributed by atoms with van der Waals surface area (Å²) in [5.74, 6) is -0.509. The molecule has 2 aliphatic rings. The number of carbonyl (C=O) groups is 2. The van der Waals surface area contributed by atoms with E-state index in [1.54, 1.807) is 15.9 Å². The molecule has 0 aliphatic carbocycles. The maximum atomic E-state index is 13.2. The zero-order valence-electron chi connectivity index (χ0n) is 17.7. The first-order valence-corrected chi connectivity index (χ1v) is 12.2. The fourth-order valence-corrected chi connectivity index (χ4v) is 5.64. The van der Waals surface area contributed by atoms with Crippen LogP contribution < -0.4 is 0 Å². The first-order chi connectivity index (χ1) is 15.3. The van der Waals surface area contributed by atoms with E-state index >= 15 is 0 Å². The summed E-state index contributed by atoms with van der Waals surface area (Å²) in [6.45, 7) is 2.41. The number of sulfonamides is 1. The van der Waals surface area contributed by atoms with Gasteiger partial charge in [-0.3, -0.25) is 9.59 Å². The highest BCUT2D eigenvalue weighted by Gasteiger charge is 2.29. The Labute approximate surface area is 187 Å². The smallest absolute Gasteiger partial charge is 0.253 e. The van der Waals surface area contributed by atoms with Crippen molar-refractivity contribution in [2.24, 2.45) is 0 Å². The minimum Gasteiger partial charge on any atom is -0.338 e. The SMILES string of the molecule is O=C1CCCN1Cc1cccc(C(=O)N2CCCN(S(=O)(=O)c3ccc(F)cc3)CC2)c1. The van der Waals surface area contributed by atoms with Gasteiger partial charge in [0.1, 0.15) is 5.82 Å². The van der Waals surface area contributed by atoms with E-state index in [0.29, 0.717) is 38.0 Å². The highest BCUT2D eigenvalue weighted by Crippen LogP contribution is 2.20. The van der Waals surface area contributed by atoms with Crippen LogP contribution in [-0.2, 0) is 21.4 Å². The fourth-order valence-electron chi connectivity index (χ4n) is 4.17. The summed E-state index contributed by atoms with van der Waals surface area (Å²) in [5, 5.41) is 0. The molecular formula is C23H26FN3O4S. The van der Waals surface area contributed by atoms with E-state index in [4.69, 9.17) is 0 Å². The van der Waals surface area contributed by atoms with Crippen LogP contribution >= 0.6 is 0 Å². The van der Waals surface area contributed by atoms with Crippen molar-refractivity contribution in [1.29, 1.82) is 0 Å². The highest BCUT2D eigenvalue weighted by molar-refractivity contribution is 7.89. The molecule has 7 nitrogen and oxygen atoms in total. The third kappa shape index (κ3) is 4.83. The van der Waals surface area contributed by atoms with Crippen LogP contribution in [0.4, 0.5) is 4.39 Å². The average molecular weight is 460 g/mol. The lowest BCUT2D eigenvalue weighted by atomic mass is 10.1. The average Bonchev–Trinajstić information content (AvgIpc) is 3.02. The van der Waals surface area contributed by atoms with E-state index in [0.717, 1.165) is 30.7 Å². The largest absolute Gasteiger partial charge is 0.338 e. The lowest BCUT2D eigenvalue weighted by Gasteiger charge is -2.22. The van der Waals surface area contributed by atoms with E-state index in [1.807, 2.05) is 18.2 Å². The van der Waals surface area contributed by atoms with E-state index in [2.05, 4.69) is 0 Å². The molecule has 0 radical (unpaired) electrons. The van der Waals surface area contributed by atoms with Crippen molar-refractivity contribution in [3.8, 4) is 0 Å². The van der Waals surface area contributed by atoms with E-state index in [9.17, 15) is 22.4 Å². The molecule has 32 heavy (non-hydrogen) atoms. The molecule has 4 rings (SSSR count). The van der Waals surface area contributed by atoms with E-state index in [1.165, 1.54) is 16.4 Å². The molecule has 2 aromatic carbocycles. The number of amides is 2. The van der Waals surface area contributed by atoms with Crippen LogP contribution in [-0.4, -0.2) is 67.1 Å². The molecule has 9 heteroatoms. The number of benzene rings is 2. The van der Waals surface area contributed by atoms with Crippen LogP contribution in [0.1, 0.15) is 35.2 Å². The Kier molecular flexibility index (Phi) is 6.57. The number of hydrogen-bond acceptors (Lipinski definition) is 4. The van der Waals surface area contributed by atoms with Crippen LogP contribution in [0.3, 0.4) is 0 Å². The number of halogens is 1. The Morgan fingerprint density at radius 2 is 1.72 bits per heavy atom. The van der Waals surface area contributed by atoms with Gasteiger partial charge in [0.2, 0.25) is 15.9 Å². The summed E-state index contributed by atoms with van der Waals surface area (Å²) < 4.78 is 40.3. The first kappa shape index (κ1) is 22.4. The summed E-state index contributed by atoms with van der Waals surface area (Å²) in [7, 11) is -3.75. The molecule has 0 N–H and O–H groups in total. The number of hydrogen-bond donors (Lipinski definition) is 0. The molecule has 2 aromatic rings. The van der Waals surface area contributed by atoms with Crippen LogP contribution in [0.2, 0.25) is 0 Å². The Morgan fingerprint density at radius 3 is 2.44 bits per heavy atom. The minimum atomic E-state index is -3.75. The highest BCUT2D eigenvalue weighted by atomic mass is 32.2. The molecule has 2 saturated heterocycles. The van der Waals surface area contributed by atoms with Gasteiger partial charge in [-0.25, -0.2) is 12.8 Å². The van der Waals surface area contributed by atoms with Gasteiger partial charge < -0.3 is 9.80 Å². The molecule has 2 heterocycles. The van der Waals surface area contributed by atoms with Gasteiger partial charge in [-0.15, -0.1) is 0 Å². The fraction of sp³-hybridized carbons (Fsp3) is 0.391. The predicted octanol–water partition coefficient (Wildman–Crippen LogP) is 2.48. The Hall–Kier alpha value is -2.78. The maximum absolute atomic E-state index is 13.2. The van der Waals surface area contributed by atoms with Gasteiger partial charge >= 0.3 is 0 Å². The van der Waals surface area contributed by atoms with Crippen LogP contribution in [0.5, 0.6) is 0 Å². The monoisotopic (exact) mass is 459 g/mol. The van der Waals surface area contributed by atoms with Crippen molar-refractivity contribution in [2.45, 2.75) is 30.7 Å². The van der Waals surface area contributed by atoms with E-state index < -0.39 is 15.8 Å². The molecule has 0 bridgehead atoms. The topological polar surface area (TPSA) is 78.0 Å². The molecule has 0 saturated carbocycles. The number of carbonyl (C=O) groups excluding carboxylic acids is 2. The van der Waals surface area contributed by atoms with E-state index in [-0.39, 0.29) is 29.8 Å². The summed E-state index contributed by atoms with van der Waals surface area (Å²) >= 11 is 0. The Balaban J connectivity index is 1.43. The molecule has 0 unspecified atom stereocenters. The van der Waals surface area contributed by atoms with Gasteiger partial charge in [0.05, 0.1) is 4.90 Å². The Bertz CT molecular complexity index is 1100. The zero-order valence-corrected chi connectivity index (χ0v) is 18.6. The van der Waals surface area contributed by atoms with Crippen molar-refractivity contribution < 1.29 is 22.4 Å². The number of nitrogens with zero attached hydrogens (tertiary/aromatic N) is 3. The number of rotatable bonds is 5. The van der Waals surface area contributed by atoms with Crippen LogP contribution in [0, 0.1) is 5.82 Å². The standard InChI is InChI=1S/C23H26FN3O4S/c24-20-7-9-21(10-8-20)32(30,31)27-13-3-12-25(14-15-27)23(29)19-5-1-4-18(16-19)17-26-11-2-6-22(26)28/h1,4-5,7-10,16H,2-3,6,11-15,17H2. The van der Waals surface area contributed by atoms with Crippen molar-refractivity contribution in [3.63, 3.8) is 0 Å². The van der Waals surface area contributed by atoms with Gasteiger partial charge in [0.15, 0.2) is 0 Å². The minimum absolute atomic E-state index is 0.0443. The molecule has 0 atom stereocenters. The summed E-state index contributed by atoms with van der Waals surface area (Å²) in [5.41, 5.74) is 1.44. The molecule has 2 amide bonds. The van der Waals surface area contributed by atoms with Crippen molar-refractivity contribution in [3.05, 3.63) is 65.5 Å². The van der Waals surface area contributed by atoms with Gasteiger partial charge in [0, 0.05) is 51.3 Å². The third-order valence-corrected chi connectivity index (χ3v) is 7.83. The lowest BCUT2D eigenvalue weighted by molar-refractivity contribution is -0.128. The molecule has 170 valence electrons. The molecule has 0 aromatic heterocycles. The Morgan fingerprint density at radius 1 is 0.938 bits per heavy atom. The second kappa shape index (κ2) is 9.38. The molecule has 2 fully saturated rings. The maximum Gasteiger partial charge on any atom is 0.253 e. The van der Waals surface area contributed by atoms with Gasteiger partial charge in [0.25, 0.3) is 5.91 Å². The van der Waals surface area contributed by atoms with Crippen LogP contribution in [0.25, 0.3) is 0 Å². The summed E-state index contributed by atoms with van der Waals surface area (Å²) in [4.78, 5) is 28.5. The molecule has 2 aliphatic heterocycles. The zero-order chi connectivity index (χ0) is 22.7. The molecular weight excluding hydrogens is 433 g/mol. The quantitative estimate of drug-likeness (QED) is 0.688. The van der Waals surface area contributed by atoms with Gasteiger partial charge in [-0.1, -0.05) is 12.1 Å². The second-order valence-electron chi connectivity index (χ2n) is 8.12. The van der Waals surface area contributed by atoms with Gasteiger partial charge in [-0.05, 0) is 54.8 Å². The van der Waals surface area contributed by atoms with Crippen LogP contribution in [0.15, 0.2) is 53.4 Å². The normalized spacial score (nSPS) is 18.1. The number of likely N-dealkylation sites (tertiary alicyclic amines) is 1. The lowest BCUT2D eigenvalue weighted by Crippen LogP contribution is -2.37. The second-order valence-corrected chi connectivity index (χ2v) is 10.1. The van der Waals surface area contributed by atoms with Gasteiger partial charge in [-0.2, -0.15) is 4.31 Å². The van der Waals surface area contributed by atoms with Crippen molar-refractivity contribution in [1.82, 2.24) is 14.1 Å². The summed E-state index contributed by atoms with van der Waals surface area (Å²) in [6.07, 6.45) is 1.94. The third-order valence-electron chi connectivity index (χ3n) is 5.91.